The normalized spacial score (nSPS) is 18.0. The molecule has 136 valence electrons. The van der Waals surface area contributed by atoms with Gasteiger partial charge in [-0.2, -0.15) is 0 Å². The molecule has 7 heteroatoms. The molecule has 2 rings (SSSR count). The number of benzene rings is 1. The molecule has 2 atom stereocenters. The quantitative estimate of drug-likeness (QED) is 0.375. The van der Waals surface area contributed by atoms with E-state index in [-0.39, 0.29) is 20.9 Å². The molecule has 0 bridgehead atoms. The lowest BCUT2D eigenvalue weighted by atomic mass is 10.1. The molecular formula is C17H28N2O5. The second kappa shape index (κ2) is 10.5. The lowest BCUT2D eigenvalue weighted by Gasteiger charge is -2.22. The molecule has 5 N–H and O–H groups in total. The maximum absolute atomic E-state index is 10.0. The molecule has 0 saturated carbocycles. The first kappa shape index (κ1) is 24.0. The summed E-state index contributed by atoms with van der Waals surface area (Å²) in [6.07, 6.45) is 1.51. The van der Waals surface area contributed by atoms with Crippen LogP contribution in [-0.4, -0.2) is 45.4 Å². The van der Waals surface area contributed by atoms with Gasteiger partial charge < -0.3 is 15.3 Å². The van der Waals surface area contributed by atoms with E-state index in [1.54, 1.807) is 12.1 Å². The molecule has 1 aromatic carbocycles. The van der Waals surface area contributed by atoms with Crippen LogP contribution < -0.4 is 5.84 Å². The average molecular weight is 340 g/mol. The Morgan fingerprint density at radius 3 is 2.12 bits per heavy atom. The summed E-state index contributed by atoms with van der Waals surface area (Å²) in [5.41, 5.74) is 3.43. The van der Waals surface area contributed by atoms with Crippen LogP contribution >= 0.6 is 0 Å². The summed E-state index contributed by atoms with van der Waals surface area (Å²) in [6.45, 7) is 2.03. The molecule has 7 nitrogen and oxygen atoms in total. The van der Waals surface area contributed by atoms with Gasteiger partial charge in [0.05, 0.1) is 12.1 Å². The van der Waals surface area contributed by atoms with Gasteiger partial charge in [0.15, 0.2) is 0 Å². The molecule has 1 aromatic rings. The van der Waals surface area contributed by atoms with E-state index in [4.69, 9.17) is 16.1 Å². The zero-order valence-corrected chi connectivity index (χ0v) is 12.4. The number of hydrazine groups is 1. The highest BCUT2D eigenvalue weighted by Crippen LogP contribution is 2.33. The van der Waals surface area contributed by atoms with Gasteiger partial charge in [0.1, 0.15) is 0 Å². The number of aliphatic carboxylic acids is 2. The van der Waals surface area contributed by atoms with Gasteiger partial charge in [-0.1, -0.05) is 38.6 Å². The molecule has 0 radical (unpaired) electrons. The van der Waals surface area contributed by atoms with Crippen molar-refractivity contribution >= 4 is 11.9 Å². The van der Waals surface area contributed by atoms with Gasteiger partial charge in [-0.05, 0) is 24.5 Å². The maximum atomic E-state index is 10.0. The molecule has 0 amide bonds. The number of carboxylic acid groups (broad SMARTS) is 2. The zero-order chi connectivity index (χ0) is 16.9. The minimum Gasteiger partial charge on any atom is -0.478 e. The Labute approximate surface area is 143 Å². The first-order chi connectivity index (χ1) is 10.2. The van der Waals surface area contributed by atoms with Gasteiger partial charge >= 0.3 is 11.9 Å². The van der Waals surface area contributed by atoms with Crippen LogP contribution in [0.1, 0.15) is 37.6 Å². The van der Waals surface area contributed by atoms with E-state index >= 15 is 0 Å². The number of rotatable bonds is 3. The fourth-order valence-electron chi connectivity index (χ4n) is 2.23. The molecular weight excluding hydrogens is 312 g/mol. The Bertz CT molecular complexity index is 568. The molecule has 0 fully saturated rings. The number of aryl methyl sites for hydroxylation is 1. The number of carbonyl (C=O) groups is 2. The molecule has 1 aliphatic rings. The predicted molar refractivity (Wildman–Crippen MR) is 93.5 cm³/mol. The molecule has 0 spiro atoms. The van der Waals surface area contributed by atoms with Crippen molar-refractivity contribution in [2.45, 2.75) is 40.3 Å². The standard InChI is InChI=1S/C11H16N2O.C4H4O4.2CH4/c1-7-3-4-8-6-10(13(2)12)11(14)9(8)5-7;5-3(6)1-2-4(7)8;;/h3-5,10-11,14H,6,12H2,1-2H3;1-2H,(H,5,6)(H,7,8);2*1H4/b;2-1-;;. The highest BCUT2D eigenvalue weighted by molar-refractivity contribution is 5.89. The van der Waals surface area contributed by atoms with Crippen LogP contribution in [0.2, 0.25) is 0 Å². The van der Waals surface area contributed by atoms with E-state index in [2.05, 4.69) is 12.1 Å². The Morgan fingerprint density at radius 2 is 1.71 bits per heavy atom. The Hall–Kier alpha value is -2.22. The van der Waals surface area contributed by atoms with Gasteiger partial charge in [-0.25, -0.2) is 14.6 Å². The van der Waals surface area contributed by atoms with E-state index in [0.29, 0.717) is 12.2 Å². The third-order valence-corrected chi connectivity index (χ3v) is 3.31. The van der Waals surface area contributed by atoms with Crippen LogP contribution in [0, 0.1) is 6.92 Å². The lowest BCUT2D eigenvalue weighted by Crippen LogP contribution is -2.40. The van der Waals surface area contributed by atoms with Gasteiger partial charge in [0.25, 0.3) is 0 Å². The Morgan fingerprint density at radius 1 is 1.21 bits per heavy atom. The van der Waals surface area contributed by atoms with Crippen LogP contribution in [0.3, 0.4) is 0 Å². The highest BCUT2D eigenvalue weighted by atomic mass is 16.4. The summed E-state index contributed by atoms with van der Waals surface area (Å²) < 4.78 is 0. The third kappa shape index (κ3) is 6.91. The van der Waals surface area contributed by atoms with Crippen LogP contribution in [0.15, 0.2) is 30.4 Å². The first-order valence-corrected chi connectivity index (χ1v) is 6.61. The monoisotopic (exact) mass is 340 g/mol. The second-order valence-corrected chi connectivity index (χ2v) is 5.09. The fraction of sp³-hybridized carbons (Fsp3) is 0.412. The van der Waals surface area contributed by atoms with E-state index in [1.807, 2.05) is 13.0 Å². The fourth-order valence-corrected chi connectivity index (χ4v) is 2.23. The summed E-state index contributed by atoms with van der Waals surface area (Å²) in [6, 6.07) is 6.22. The topological polar surface area (TPSA) is 124 Å². The number of aliphatic hydroxyl groups excluding tert-OH is 1. The number of aliphatic hydroxyl groups is 1. The van der Waals surface area contributed by atoms with Crippen molar-refractivity contribution in [1.29, 1.82) is 0 Å². The van der Waals surface area contributed by atoms with E-state index in [9.17, 15) is 14.7 Å². The van der Waals surface area contributed by atoms with Crippen molar-refractivity contribution in [3.63, 3.8) is 0 Å². The molecule has 1 aliphatic carbocycles. The number of hydrogen-bond donors (Lipinski definition) is 4. The Kier molecular flexibility index (Phi) is 10.6. The maximum Gasteiger partial charge on any atom is 0.328 e. The van der Waals surface area contributed by atoms with Gasteiger partial charge in [-0.15, -0.1) is 0 Å². The average Bonchev–Trinajstić information content (AvgIpc) is 2.75. The third-order valence-electron chi connectivity index (χ3n) is 3.31. The number of likely N-dealkylation sites (N-methyl/N-ethyl adjacent to an activating group) is 1. The molecule has 2 unspecified atom stereocenters. The summed E-state index contributed by atoms with van der Waals surface area (Å²) in [7, 11) is 1.80. The van der Waals surface area contributed by atoms with Crippen molar-refractivity contribution in [2.75, 3.05) is 7.05 Å². The minimum atomic E-state index is -1.26. The molecule has 0 saturated heterocycles. The lowest BCUT2D eigenvalue weighted by molar-refractivity contribution is -0.134. The van der Waals surface area contributed by atoms with Crippen LogP contribution in [-0.2, 0) is 16.0 Å². The second-order valence-electron chi connectivity index (χ2n) is 5.09. The van der Waals surface area contributed by atoms with Crippen LogP contribution in [0.25, 0.3) is 0 Å². The number of hydrogen-bond acceptors (Lipinski definition) is 5. The highest BCUT2D eigenvalue weighted by Gasteiger charge is 2.32. The molecule has 24 heavy (non-hydrogen) atoms. The minimum absolute atomic E-state index is 0. The molecule has 0 aliphatic heterocycles. The largest absolute Gasteiger partial charge is 0.478 e. The first-order valence-electron chi connectivity index (χ1n) is 6.61. The summed E-state index contributed by atoms with van der Waals surface area (Å²) in [4.78, 5) is 19.1. The van der Waals surface area contributed by atoms with Crippen molar-refractivity contribution in [2.24, 2.45) is 5.84 Å². The van der Waals surface area contributed by atoms with E-state index < -0.39 is 18.0 Å². The number of nitrogens with two attached hydrogens (primary N) is 1. The number of nitrogens with zero attached hydrogens (tertiary/aromatic N) is 1. The van der Waals surface area contributed by atoms with Gasteiger partial charge in [-0.3, -0.25) is 5.84 Å². The zero-order valence-electron chi connectivity index (χ0n) is 12.4. The SMILES string of the molecule is C.C.Cc1ccc2c(c1)C(O)C(N(C)N)C2.O=C(O)/C=C\C(=O)O. The summed E-state index contributed by atoms with van der Waals surface area (Å²) in [5, 5.41) is 27.2. The van der Waals surface area contributed by atoms with Crippen LogP contribution in [0.5, 0.6) is 0 Å². The predicted octanol–water partition coefficient (Wildman–Crippen LogP) is 1.74. The van der Waals surface area contributed by atoms with E-state index in [0.717, 1.165) is 12.0 Å². The summed E-state index contributed by atoms with van der Waals surface area (Å²) >= 11 is 0. The van der Waals surface area contributed by atoms with Crippen molar-refractivity contribution in [3.8, 4) is 0 Å². The van der Waals surface area contributed by atoms with Crippen LogP contribution in [0.4, 0.5) is 0 Å². The van der Waals surface area contributed by atoms with E-state index in [1.165, 1.54) is 11.1 Å². The summed E-state index contributed by atoms with van der Waals surface area (Å²) in [5.74, 6) is 3.16. The van der Waals surface area contributed by atoms with Gasteiger partial charge in [0, 0.05) is 19.2 Å². The molecule has 0 heterocycles. The van der Waals surface area contributed by atoms with Gasteiger partial charge in [0.2, 0.25) is 0 Å². The Balaban J connectivity index is 0. The van der Waals surface area contributed by atoms with Crippen molar-refractivity contribution in [3.05, 3.63) is 47.0 Å². The number of carboxylic acids is 2. The molecule has 0 aromatic heterocycles. The van der Waals surface area contributed by atoms with Crippen molar-refractivity contribution in [1.82, 2.24) is 5.01 Å². The van der Waals surface area contributed by atoms with Crippen molar-refractivity contribution < 1.29 is 24.9 Å². The number of fused-ring (bicyclic) bond motifs is 1. The smallest absolute Gasteiger partial charge is 0.328 e.